The Morgan fingerprint density at radius 3 is 2.56 bits per heavy atom. The van der Waals surface area contributed by atoms with Gasteiger partial charge in [0.05, 0.1) is 10.5 Å². The molecule has 0 aliphatic heterocycles. The second-order valence-corrected chi connectivity index (χ2v) is 5.42. The Kier molecular flexibility index (Phi) is 6.22. The Labute approximate surface area is 144 Å². The third kappa shape index (κ3) is 5.42. The summed E-state index contributed by atoms with van der Waals surface area (Å²) in [5.41, 5.74) is 1.41. The monoisotopic (exact) mass is 342 g/mol. The van der Waals surface area contributed by atoms with Crippen LogP contribution in [0, 0.1) is 17.0 Å². The average Bonchev–Trinajstić information content (AvgIpc) is 2.60. The van der Waals surface area contributed by atoms with E-state index in [0.29, 0.717) is 18.5 Å². The molecule has 0 bridgehead atoms. The van der Waals surface area contributed by atoms with E-state index in [1.165, 1.54) is 12.1 Å². The van der Waals surface area contributed by atoms with Crippen molar-refractivity contribution in [3.05, 3.63) is 75.3 Å². The van der Waals surface area contributed by atoms with Crippen LogP contribution in [0.3, 0.4) is 0 Å². The van der Waals surface area contributed by atoms with Crippen LogP contribution in [0.5, 0.6) is 0 Å². The molecule has 1 N–H and O–H groups in total. The number of benzene rings is 2. The van der Waals surface area contributed by atoms with Crippen molar-refractivity contribution < 1.29 is 19.2 Å². The van der Waals surface area contributed by atoms with Crippen LogP contribution in [0.25, 0.3) is 0 Å². The normalized spacial score (nSPS) is 10.1. The molecule has 0 aromatic heterocycles. The molecule has 0 aliphatic carbocycles. The first-order chi connectivity index (χ1) is 12.0. The summed E-state index contributed by atoms with van der Waals surface area (Å²) in [6.45, 7) is 1.57. The Hall–Kier alpha value is -3.22. The van der Waals surface area contributed by atoms with Crippen LogP contribution in [-0.2, 0) is 16.0 Å². The summed E-state index contributed by atoms with van der Waals surface area (Å²) in [6, 6.07) is 13.7. The van der Waals surface area contributed by atoms with Crippen LogP contribution in [-0.4, -0.2) is 30.0 Å². The van der Waals surface area contributed by atoms with E-state index in [4.69, 9.17) is 4.74 Å². The van der Waals surface area contributed by atoms with Crippen molar-refractivity contribution in [3.63, 3.8) is 0 Å². The second-order valence-electron chi connectivity index (χ2n) is 5.42. The molecule has 0 atom stereocenters. The van der Waals surface area contributed by atoms with Gasteiger partial charge in [0, 0.05) is 18.2 Å². The quantitative estimate of drug-likeness (QED) is 0.473. The molecule has 0 saturated heterocycles. The van der Waals surface area contributed by atoms with Gasteiger partial charge in [0.25, 0.3) is 11.6 Å². The highest BCUT2D eigenvalue weighted by Crippen LogP contribution is 2.19. The predicted molar refractivity (Wildman–Crippen MR) is 91.3 cm³/mol. The number of nitro benzene ring substituents is 1. The average molecular weight is 342 g/mol. The van der Waals surface area contributed by atoms with Crippen LogP contribution in [0.2, 0.25) is 0 Å². The first-order valence-electron chi connectivity index (χ1n) is 7.70. The van der Waals surface area contributed by atoms with Crippen LogP contribution < -0.4 is 5.32 Å². The number of amides is 1. The number of hydrogen-bond donors (Lipinski definition) is 1. The number of carbonyl (C=O) groups excluding carboxylic acids is 2. The summed E-state index contributed by atoms with van der Waals surface area (Å²) < 4.78 is 4.89. The van der Waals surface area contributed by atoms with Gasteiger partial charge in [-0.25, -0.2) is 4.79 Å². The van der Waals surface area contributed by atoms with Crippen molar-refractivity contribution in [3.8, 4) is 0 Å². The maximum absolute atomic E-state index is 11.9. The number of ether oxygens (including phenoxy) is 1. The van der Waals surface area contributed by atoms with Gasteiger partial charge in [0.15, 0.2) is 6.61 Å². The van der Waals surface area contributed by atoms with Gasteiger partial charge in [-0.1, -0.05) is 36.4 Å². The first kappa shape index (κ1) is 18.1. The highest BCUT2D eigenvalue weighted by Gasteiger charge is 2.16. The lowest BCUT2D eigenvalue weighted by molar-refractivity contribution is -0.385. The number of aryl methyl sites for hydroxylation is 1. The van der Waals surface area contributed by atoms with Crippen LogP contribution >= 0.6 is 0 Å². The summed E-state index contributed by atoms with van der Waals surface area (Å²) in [7, 11) is 0. The van der Waals surface area contributed by atoms with E-state index in [9.17, 15) is 19.7 Å². The Morgan fingerprint density at radius 2 is 1.88 bits per heavy atom. The van der Waals surface area contributed by atoms with Crippen LogP contribution in [0.1, 0.15) is 21.5 Å². The Balaban J connectivity index is 1.80. The third-order valence-electron chi connectivity index (χ3n) is 3.55. The van der Waals surface area contributed by atoms with Gasteiger partial charge in [0.1, 0.15) is 0 Å². The highest BCUT2D eigenvalue weighted by molar-refractivity contribution is 5.92. The summed E-state index contributed by atoms with van der Waals surface area (Å²) >= 11 is 0. The summed E-state index contributed by atoms with van der Waals surface area (Å²) in [4.78, 5) is 33.9. The Bertz CT molecular complexity index is 774. The minimum Gasteiger partial charge on any atom is -0.452 e. The zero-order valence-electron chi connectivity index (χ0n) is 13.7. The molecular weight excluding hydrogens is 324 g/mol. The molecule has 7 nitrogen and oxygen atoms in total. The number of nitrogens with one attached hydrogen (secondary N) is 1. The van der Waals surface area contributed by atoms with E-state index >= 15 is 0 Å². The molecule has 0 saturated carbocycles. The lowest BCUT2D eigenvalue weighted by Gasteiger charge is -2.07. The molecular formula is C18H18N2O5. The van der Waals surface area contributed by atoms with Gasteiger partial charge in [-0.3, -0.25) is 14.9 Å². The van der Waals surface area contributed by atoms with Crippen molar-refractivity contribution in [1.29, 1.82) is 0 Å². The standard InChI is InChI=1S/C18H18N2O5/c1-13-7-8-15(11-16(13)20(23)24)18(22)25-12-17(21)19-10-9-14-5-3-2-4-6-14/h2-8,11H,9-10,12H2,1H3,(H,19,21). The highest BCUT2D eigenvalue weighted by atomic mass is 16.6. The first-order valence-corrected chi connectivity index (χ1v) is 7.70. The van der Waals surface area contributed by atoms with Crippen LogP contribution in [0.4, 0.5) is 5.69 Å². The van der Waals surface area contributed by atoms with E-state index in [1.54, 1.807) is 6.92 Å². The van der Waals surface area contributed by atoms with E-state index in [1.807, 2.05) is 30.3 Å². The molecule has 7 heteroatoms. The lowest BCUT2D eigenvalue weighted by Crippen LogP contribution is -2.30. The minimum atomic E-state index is -0.777. The molecule has 0 unspecified atom stereocenters. The fourth-order valence-corrected chi connectivity index (χ4v) is 2.19. The van der Waals surface area contributed by atoms with E-state index in [0.717, 1.165) is 11.6 Å². The molecule has 25 heavy (non-hydrogen) atoms. The van der Waals surface area contributed by atoms with Gasteiger partial charge < -0.3 is 10.1 Å². The number of esters is 1. The second kappa shape index (κ2) is 8.58. The molecule has 1 amide bonds. The van der Waals surface area contributed by atoms with Gasteiger partial charge in [-0.15, -0.1) is 0 Å². The van der Waals surface area contributed by atoms with Crippen molar-refractivity contribution in [1.82, 2.24) is 5.32 Å². The topological polar surface area (TPSA) is 98.5 Å². The van der Waals surface area contributed by atoms with E-state index in [-0.39, 0.29) is 11.3 Å². The number of nitro groups is 1. The number of carbonyl (C=O) groups is 2. The SMILES string of the molecule is Cc1ccc(C(=O)OCC(=O)NCCc2ccccc2)cc1[N+](=O)[O-]. The molecule has 0 radical (unpaired) electrons. The minimum absolute atomic E-state index is 0.0365. The molecule has 2 rings (SSSR count). The third-order valence-corrected chi connectivity index (χ3v) is 3.55. The zero-order valence-corrected chi connectivity index (χ0v) is 13.7. The summed E-state index contributed by atoms with van der Waals surface area (Å²) in [5.74, 6) is -1.20. The molecule has 2 aromatic rings. The molecule has 2 aromatic carbocycles. The van der Waals surface area contributed by atoms with Gasteiger partial charge in [-0.05, 0) is 25.0 Å². The van der Waals surface area contributed by atoms with Crippen molar-refractivity contribution >= 4 is 17.6 Å². The fourth-order valence-electron chi connectivity index (χ4n) is 2.19. The molecule has 0 heterocycles. The maximum Gasteiger partial charge on any atom is 0.338 e. The number of nitrogens with zero attached hydrogens (tertiary/aromatic N) is 1. The van der Waals surface area contributed by atoms with Crippen molar-refractivity contribution in [2.45, 2.75) is 13.3 Å². The maximum atomic E-state index is 11.9. The molecule has 0 aliphatic rings. The van der Waals surface area contributed by atoms with Crippen LogP contribution in [0.15, 0.2) is 48.5 Å². The van der Waals surface area contributed by atoms with Crippen molar-refractivity contribution in [2.24, 2.45) is 0 Å². The Morgan fingerprint density at radius 1 is 1.16 bits per heavy atom. The number of hydrogen-bond acceptors (Lipinski definition) is 5. The van der Waals surface area contributed by atoms with Gasteiger partial charge >= 0.3 is 5.97 Å². The summed E-state index contributed by atoms with van der Waals surface area (Å²) in [6.07, 6.45) is 0.671. The lowest BCUT2D eigenvalue weighted by atomic mass is 10.1. The number of rotatable bonds is 7. The molecule has 0 spiro atoms. The van der Waals surface area contributed by atoms with E-state index in [2.05, 4.69) is 5.32 Å². The zero-order chi connectivity index (χ0) is 18.2. The largest absolute Gasteiger partial charge is 0.452 e. The van der Waals surface area contributed by atoms with Gasteiger partial charge in [-0.2, -0.15) is 0 Å². The smallest absolute Gasteiger partial charge is 0.338 e. The molecule has 0 fully saturated rings. The summed E-state index contributed by atoms with van der Waals surface area (Å²) in [5, 5.41) is 13.5. The van der Waals surface area contributed by atoms with Gasteiger partial charge in [0.2, 0.25) is 0 Å². The van der Waals surface area contributed by atoms with E-state index < -0.39 is 23.4 Å². The fraction of sp³-hybridized carbons (Fsp3) is 0.222. The molecule has 130 valence electrons. The predicted octanol–water partition coefficient (Wildman–Crippen LogP) is 2.42. The van der Waals surface area contributed by atoms with Crippen molar-refractivity contribution in [2.75, 3.05) is 13.2 Å².